The second-order valence-corrected chi connectivity index (χ2v) is 3.90. The maximum Gasteiger partial charge on any atom is 0.333 e. The SMILES string of the molecule is C/C=C(\C)C(=O)O[C@H](CC)CCCCC. The van der Waals surface area contributed by atoms with Gasteiger partial charge in [-0.1, -0.05) is 32.8 Å². The number of carbonyl (C=O) groups excluding carboxylic acids is 1. The summed E-state index contributed by atoms with van der Waals surface area (Å²) < 4.78 is 5.39. The molecular formula is C13H24O2. The molecule has 0 aliphatic carbocycles. The summed E-state index contributed by atoms with van der Waals surface area (Å²) in [7, 11) is 0. The van der Waals surface area contributed by atoms with Gasteiger partial charge in [0.05, 0.1) is 0 Å². The highest BCUT2D eigenvalue weighted by Crippen LogP contribution is 2.12. The molecule has 0 spiro atoms. The largest absolute Gasteiger partial charge is 0.459 e. The number of carbonyl (C=O) groups is 1. The van der Waals surface area contributed by atoms with E-state index in [-0.39, 0.29) is 12.1 Å². The van der Waals surface area contributed by atoms with Gasteiger partial charge in [-0.3, -0.25) is 0 Å². The number of hydrogen-bond donors (Lipinski definition) is 0. The molecule has 0 fully saturated rings. The third kappa shape index (κ3) is 6.32. The van der Waals surface area contributed by atoms with Crippen molar-refractivity contribution in [1.29, 1.82) is 0 Å². The van der Waals surface area contributed by atoms with Crippen LogP contribution in [0.25, 0.3) is 0 Å². The zero-order chi connectivity index (χ0) is 11.7. The minimum Gasteiger partial charge on any atom is -0.459 e. The summed E-state index contributed by atoms with van der Waals surface area (Å²) in [5.41, 5.74) is 0.698. The molecule has 88 valence electrons. The van der Waals surface area contributed by atoms with Gasteiger partial charge >= 0.3 is 5.97 Å². The summed E-state index contributed by atoms with van der Waals surface area (Å²) in [6.45, 7) is 7.89. The first kappa shape index (κ1) is 14.2. The molecule has 0 saturated carbocycles. The zero-order valence-corrected chi connectivity index (χ0v) is 10.5. The first-order valence-electron chi connectivity index (χ1n) is 5.99. The maximum atomic E-state index is 11.5. The highest BCUT2D eigenvalue weighted by molar-refractivity contribution is 5.87. The number of esters is 1. The van der Waals surface area contributed by atoms with E-state index in [1.807, 2.05) is 6.92 Å². The molecule has 0 bridgehead atoms. The van der Waals surface area contributed by atoms with Gasteiger partial charge < -0.3 is 4.74 Å². The molecule has 0 aliphatic heterocycles. The van der Waals surface area contributed by atoms with E-state index in [0.717, 1.165) is 19.3 Å². The first-order valence-corrected chi connectivity index (χ1v) is 5.99. The average Bonchev–Trinajstić information content (AvgIpc) is 2.26. The van der Waals surface area contributed by atoms with E-state index in [1.54, 1.807) is 13.0 Å². The highest BCUT2D eigenvalue weighted by Gasteiger charge is 2.12. The van der Waals surface area contributed by atoms with Crippen LogP contribution < -0.4 is 0 Å². The molecular weight excluding hydrogens is 188 g/mol. The quantitative estimate of drug-likeness (QED) is 0.364. The zero-order valence-electron chi connectivity index (χ0n) is 10.5. The molecule has 0 aromatic carbocycles. The van der Waals surface area contributed by atoms with Gasteiger partial charge in [-0.05, 0) is 33.1 Å². The predicted octanol–water partition coefficient (Wildman–Crippen LogP) is 3.85. The lowest BCUT2D eigenvalue weighted by Gasteiger charge is -2.16. The molecule has 0 aromatic rings. The second-order valence-electron chi connectivity index (χ2n) is 3.90. The molecule has 0 saturated heterocycles. The summed E-state index contributed by atoms with van der Waals surface area (Å²) in [6.07, 6.45) is 7.37. The number of rotatable bonds is 7. The standard InChI is InChI=1S/C13H24O2/c1-5-8-9-10-12(7-3)15-13(14)11(4)6-2/h6,12H,5,7-10H2,1-4H3/b11-6+/t12-/m1/s1. The highest BCUT2D eigenvalue weighted by atomic mass is 16.5. The van der Waals surface area contributed by atoms with Crippen LogP contribution in [-0.2, 0) is 9.53 Å². The molecule has 2 heteroatoms. The van der Waals surface area contributed by atoms with Crippen molar-refractivity contribution < 1.29 is 9.53 Å². The van der Waals surface area contributed by atoms with Crippen LogP contribution in [0.15, 0.2) is 11.6 Å². The second kappa shape index (κ2) is 8.51. The summed E-state index contributed by atoms with van der Waals surface area (Å²) in [6, 6.07) is 0. The van der Waals surface area contributed by atoms with Gasteiger partial charge in [-0.25, -0.2) is 4.79 Å². The Kier molecular flexibility index (Phi) is 8.06. The van der Waals surface area contributed by atoms with Crippen LogP contribution in [0.2, 0.25) is 0 Å². The fraction of sp³-hybridized carbons (Fsp3) is 0.769. The Hall–Kier alpha value is -0.790. The number of ether oxygens (including phenoxy) is 1. The van der Waals surface area contributed by atoms with E-state index in [0.29, 0.717) is 5.57 Å². The summed E-state index contributed by atoms with van der Waals surface area (Å²) in [4.78, 5) is 11.5. The lowest BCUT2D eigenvalue weighted by molar-refractivity contribution is -0.144. The summed E-state index contributed by atoms with van der Waals surface area (Å²) in [5.74, 6) is -0.166. The molecule has 2 nitrogen and oxygen atoms in total. The van der Waals surface area contributed by atoms with Gasteiger partial charge in [0.1, 0.15) is 6.10 Å². The van der Waals surface area contributed by atoms with Gasteiger partial charge in [0.25, 0.3) is 0 Å². The smallest absolute Gasteiger partial charge is 0.333 e. The number of allylic oxidation sites excluding steroid dienone is 1. The topological polar surface area (TPSA) is 26.3 Å². The van der Waals surface area contributed by atoms with E-state index >= 15 is 0 Å². The fourth-order valence-corrected chi connectivity index (χ4v) is 1.33. The average molecular weight is 212 g/mol. The Labute approximate surface area is 93.7 Å². The molecule has 15 heavy (non-hydrogen) atoms. The van der Waals surface area contributed by atoms with Crippen molar-refractivity contribution in [1.82, 2.24) is 0 Å². The fourth-order valence-electron chi connectivity index (χ4n) is 1.33. The normalized spacial score (nSPS) is 13.7. The molecule has 0 rings (SSSR count). The van der Waals surface area contributed by atoms with E-state index in [1.165, 1.54) is 12.8 Å². The molecule has 1 atom stereocenters. The van der Waals surface area contributed by atoms with Crippen LogP contribution in [-0.4, -0.2) is 12.1 Å². The molecule has 0 N–H and O–H groups in total. The molecule has 0 unspecified atom stereocenters. The van der Waals surface area contributed by atoms with E-state index in [4.69, 9.17) is 4.74 Å². The van der Waals surface area contributed by atoms with E-state index in [2.05, 4.69) is 13.8 Å². The maximum absolute atomic E-state index is 11.5. The molecule has 0 amide bonds. The third-order valence-electron chi connectivity index (χ3n) is 2.61. The van der Waals surface area contributed by atoms with Crippen LogP contribution in [0.1, 0.15) is 59.8 Å². The lowest BCUT2D eigenvalue weighted by atomic mass is 10.1. The lowest BCUT2D eigenvalue weighted by Crippen LogP contribution is -2.18. The Morgan fingerprint density at radius 2 is 2.00 bits per heavy atom. The minimum absolute atomic E-state index is 0.0962. The van der Waals surface area contributed by atoms with Crippen LogP contribution in [0.5, 0.6) is 0 Å². The summed E-state index contributed by atoms with van der Waals surface area (Å²) in [5, 5.41) is 0. The van der Waals surface area contributed by atoms with Gasteiger partial charge in [0.2, 0.25) is 0 Å². The Morgan fingerprint density at radius 3 is 2.47 bits per heavy atom. The van der Waals surface area contributed by atoms with Crippen molar-refractivity contribution in [2.45, 2.75) is 65.9 Å². The van der Waals surface area contributed by atoms with E-state index < -0.39 is 0 Å². The van der Waals surface area contributed by atoms with Crippen LogP contribution in [0.4, 0.5) is 0 Å². The van der Waals surface area contributed by atoms with Gasteiger partial charge in [0.15, 0.2) is 0 Å². The van der Waals surface area contributed by atoms with Crippen LogP contribution in [0, 0.1) is 0 Å². The molecule has 0 aromatic heterocycles. The van der Waals surface area contributed by atoms with Crippen LogP contribution in [0.3, 0.4) is 0 Å². The van der Waals surface area contributed by atoms with Gasteiger partial charge in [-0.15, -0.1) is 0 Å². The van der Waals surface area contributed by atoms with Crippen molar-refractivity contribution in [3.63, 3.8) is 0 Å². The Bertz CT molecular complexity index is 207. The van der Waals surface area contributed by atoms with Gasteiger partial charge in [-0.2, -0.15) is 0 Å². The minimum atomic E-state index is -0.166. The Balaban J connectivity index is 3.93. The predicted molar refractivity (Wildman–Crippen MR) is 63.7 cm³/mol. The molecule has 0 radical (unpaired) electrons. The van der Waals surface area contributed by atoms with Crippen molar-refractivity contribution in [2.75, 3.05) is 0 Å². The Morgan fingerprint density at radius 1 is 1.33 bits per heavy atom. The third-order valence-corrected chi connectivity index (χ3v) is 2.61. The number of hydrogen-bond acceptors (Lipinski definition) is 2. The molecule has 0 heterocycles. The van der Waals surface area contributed by atoms with Crippen molar-refractivity contribution in [3.8, 4) is 0 Å². The van der Waals surface area contributed by atoms with Crippen molar-refractivity contribution >= 4 is 5.97 Å². The van der Waals surface area contributed by atoms with Crippen molar-refractivity contribution in [2.24, 2.45) is 0 Å². The number of unbranched alkanes of at least 4 members (excludes halogenated alkanes) is 2. The molecule has 0 aliphatic rings. The van der Waals surface area contributed by atoms with E-state index in [9.17, 15) is 4.79 Å². The van der Waals surface area contributed by atoms with Crippen molar-refractivity contribution in [3.05, 3.63) is 11.6 Å². The summed E-state index contributed by atoms with van der Waals surface area (Å²) >= 11 is 0. The monoisotopic (exact) mass is 212 g/mol. The van der Waals surface area contributed by atoms with Gasteiger partial charge in [0, 0.05) is 5.57 Å². The van der Waals surface area contributed by atoms with Crippen LogP contribution >= 0.6 is 0 Å². The first-order chi connectivity index (χ1) is 7.15.